The number of aromatic nitrogens is 1. The van der Waals surface area contributed by atoms with Gasteiger partial charge in [0.15, 0.2) is 0 Å². The summed E-state index contributed by atoms with van der Waals surface area (Å²) < 4.78 is 0. The number of nitrogens with zero attached hydrogens (tertiary/aromatic N) is 1. The summed E-state index contributed by atoms with van der Waals surface area (Å²) >= 11 is 0. The minimum absolute atomic E-state index is 0.0222. The molecule has 0 saturated carbocycles. The zero-order valence-electron chi connectivity index (χ0n) is 14.6. The summed E-state index contributed by atoms with van der Waals surface area (Å²) in [5, 5.41) is 7.47. The maximum absolute atomic E-state index is 12.3. The number of hydrogen-bond acceptors (Lipinski definition) is 3. The van der Waals surface area contributed by atoms with Crippen LogP contribution in [0.4, 0.5) is 5.69 Å². The number of hydrogen-bond donors (Lipinski definition) is 3. The molecule has 3 N–H and O–H groups in total. The van der Waals surface area contributed by atoms with Gasteiger partial charge in [-0.05, 0) is 41.8 Å². The van der Waals surface area contributed by atoms with Crippen molar-refractivity contribution < 1.29 is 4.79 Å². The van der Waals surface area contributed by atoms with Gasteiger partial charge in [0.1, 0.15) is 0 Å². The standard InChI is InChI=1S/C21H22N4O/c26-21-17-2-1-3-18-19(17)16(8-9-23-21)20(24-18)14-4-6-15(7-5-14)25-12-10-22-11-13-25/h1-7,22,24H,8-13H2,(H,23,26). The van der Waals surface area contributed by atoms with Gasteiger partial charge >= 0.3 is 0 Å². The first-order valence-electron chi connectivity index (χ1n) is 9.29. The van der Waals surface area contributed by atoms with Crippen LogP contribution in [0.25, 0.3) is 22.2 Å². The minimum atomic E-state index is 0.0222. The Morgan fingerprint density at radius 2 is 1.73 bits per heavy atom. The van der Waals surface area contributed by atoms with Gasteiger partial charge in [0.05, 0.1) is 0 Å². The second-order valence-electron chi connectivity index (χ2n) is 7.00. The molecule has 0 unspecified atom stereocenters. The molecule has 1 aromatic heterocycles. The Morgan fingerprint density at radius 3 is 2.54 bits per heavy atom. The lowest BCUT2D eigenvalue weighted by Crippen LogP contribution is -2.43. The molecule has 2 aliphatic heterocycles. The molecule has 5 nitrogen and oxygen atoms in total. The van der Waals surface area contributed by atoms with Crippen LogP contribution in [0, 0.1) is 0 Å². The Kier molecular flexibility index (Phi) is 3.68. The summed E-state index contributed by atoms with van der Waals surface area (Å²) in [5.41, 5.74) is 6.63. The zero-order valence-corrected chi connectivity index (χ0v) is 14.6. The van der Waals surface area contributed by atoms with E-state index in [0.717, 1.165) is 54.8 Å². The highest BCUT2D eigenvalue weighted by atomic mass is 16.1. The molecule has 5 rings (SSSR count). The van der Waals surface area contributed by atoms with Crippen molar-refractivity contribution in [3.8, 4) is 11.3 Å². The SMILES string of the molecule is O=C1NCCc2c(-c3ccc(N4CCNCC4)cc3)[nH]c3cccc1c23. The zero-order chi connectivity index (χ0) is 17.5. The van der Waals surface area contributed by atoms with Crippen molar-refractivity contribution in [1.29, 1.82) is 0 Å². The number of H-pyrrole nitrogens is 1. The highest BCUT2D eigenvalue weighted by Crippen LogP contribution is 2.34. The van der Waals surface area contributed by atoms with E-state index >= 15 is 0 Å². The van der Waals surface area contributed by atoms with E-state index in [4.69, 9.17) is 0 Å². The summed E-state index contributed by atoms with van der Waals surface area (Å²) in [7, 11) is 0. The molecular formula is C21H22N4O. The van der Waals surface area contributed by atoms with Crippen molar-refractivity contribution in [3.05, 3.63) is 53.6 Å². The van der Waals surface area contributed by atoms with E-state index in [1.807, 2.05) is 12.1 Å². The van der Waals surface area contributed by atoms with Gasteiger partial charge in [0, 0.05) is 60.6 Å². The first-order valence-corrected chi connectivity index (χ1v) is 9.29. The fourth-order valence-electron chi connectivity index (χ4n) is 4.16. The molecular weight excluding hydrogens is 324 g/mol. The molecule has 5 heteroatoms. The molecule has 2 aromatic carbocycles. The topological polar surface area (TPSA) is 60.2 Å². The van der Waals surface area contributed by atoms with Crippen LogP contribution < -0.4 is 15.5 Å². The number of nitrogens with one attached hydrogen (secondary N) is 3. The third kappa shape index (κ3) is 2.47. The number of anilines is 1. The van der Waals surface area contributed by atoms with Crippen LogP contribution in [-0.4, -0.2) is 43.6 Å². The smallest absolute Gasteiger partial charge is 0.251 e. The largest absolute Gasteiger partial charge is 0.369 e. The molecule has 0 atom stereocenters. The quantitative estimate of drug-likeness (QED) is 0.668. The Morgan fingerprint density at radius 1 is 0.923 bits per heavy atom. The fraction of sp³-hybridized carbons (Fsp3) is 0.286. The monoisotopic (exact) mass is 346 g/mol. The number of rotatable bonds is 2. The Hall–Kier alpha value is -2.79. The van der Waals surface area contributed by atoms with E-state index in [1.165, 1.54) is 16.8 Å². The molecule has 2 aliphatic rings. The summed E-state index contributed by atoms with van der Waals surface area (Å²) in [6, 6.07) is 14.7. The molecule has 26 heavy (non-hydrogen) atoms. The van der Waals surface area contributed by atoms with Crippen molar-refractivity contribution >= 4 is 22.5 Å². The molecule has 1 amide bonds. The van der Waals surface area contributed by atoms with Crippen molar-refractivity contribution in [2.45, 2.75) is 6.42 Å². The van der Waals surface area contributed by atoms with Gasteiger partial charge in [-0.2, -0.15) is 0 Å². The molecule has 1 fully saturated rings. The molecule has 0 bridgehead atoms. The van der Waals surface area contributed by atoms with Gasteiger partial charge in [-0.15, -0.1) is 0 Å². The number of carbonyl (C=O) groups is 1. The molecule has 1 saturated heterocycles. The molecule has 0 spiro atoms. The number of aromatic amines is 1. The fourth-order valence-corrected chi connectivity index (χ4v) is 4.16. The molecule has 3 aromatic rings. The van der Waals surface area contributed by atoms with Crippen LogP contribution in [0.3, 0.4) is 0 Å². The maximum atomic E-state index is 12.3. The van der Waals surface area contributed by atoms with E-state index in [9.17, 15) is 4.79 Å². The van der Waals surface area contributed by atoms with Crippen LogP contribution in [0.5, 0.6) is 0 Å². The lowest BCUT2D eigenvalue weighted by Gasteiger charge is -2.29. The number of carbonyl (C=O) groups excluding carboxylic acids is 1. The molecule has 0 radical (unpaired) electrons. The van der Waals surface area contributed by atoms with Gasteiger partial charge in [0.2, 0.25) is 0 Å². The lowest BCUT2D eigenvalue weighted by molar-refractivity contribution is 0.0957. The van der Waals surface area contributed by atoms with Crippen molar-refractivity contribution in [1.82, 2.24) is 15.6 Å². The van der Waals surface area contributed by atoms with Crippen LogP contribution in [0.15, 0.2) is 42.5 Å². The van der Waals surface area contributed by atoms with Crippen LogP contribution in [0.2, 0.25) is 0 Å². The normalized spacial score (nSPS) is 17.2. The highest BCUT2D eigenvalue weighted by Gasteiger charge is 2.22. The second-order valence-corrected chi connectivity index (χ2v) is 7.00. The summed E-state index contributed by atoms with van der Waals surface area (Å²) in [5.74, 6) is 0.0222. The van der Waals surface area contributed by atoms with Crippen LogP contribution in [0.1, 0.15) is 15.9 Å². The highest BCUT2D eigenvalue weighted by molar-refractivity contribution is 6.10. The Labute approximate surface area is 152 Å². The van der Waals surface area contributed by atoms with Gasteiger partial charge in [-0.3, -0.25) is 4.79 Å². The summed E-state index contributed by atoms with van der Waals surface area (Å²) in [6.45, 7) is 4.85. The predicted molar refractivity (Wildman–Crippen MR) is 105 cm³/mol. The van der Waals surface area contributed by atoms with Crippen molar-refractivity contribution in [3.63, 3.8) is 0 Å². The van der Waals surface area contributed by atoms with Crippen LogP contribution in [-0.2, 0) is 6.42 Å². The summed E-state index contributed by atoms with van der Waals surface area (Å²) in [4.78, 5) is 18.3. The van der Waals surface area contributed by atoms with Crippen LogP contribution >= 0.6 is 0 Å². The molecule has 0 aliphatic carbocycles. The lowest BCUT2D eigenvalue weighted by atomic mass is 10.00. The second kappa shape index (κ2) is 6.18. The molecule has 3 heterocycles. The summed E-state index contributed by atoms with van der Waals surface area (Å²) in [6.07, 6.45) is 0.845. The number of piperazine rings is 1. The first-order chi connectivity index (χ1) is 12.8. The third-order valence-electron chi connectivity index (χ3n) is 5.47. The van der Waals surface area contributed by atoms with Crippen molar-refractivity contribution in [2.75, 3.05) is 37.6 Å². The van der Waals surface area contributed by atoms with E-state index in [-0.39, 0.29) is 5.91 Å². The maximum Gasteiger partial charge on any atom is 0.251 e. The average molecular weight is 346 g/mol. The first kappa shape index (κ1) is 15.5. The Bertz CT molecular complexity index is 968. The minimum Gasteiger partial charge on any atom is -0.369 e. The van der Waals surface area contributed by atoms with Crippen molar-refractivity contribution in [2.24, 2.45) is 0 Å². The average Bonchev–Trinajstić information content (AvgIpc) is 2.98. The van der Waals surface area contributed by atoms with Gasteiger partial charge in [0.25, 0.3) is 5.91 Å². The van der Waals surface area contributed by atoms with Gasteiger partial charge < -0.3 is 20.5 Å². The van der Waals surface area contributed by atoms with E-state index in [2.05, 4.69) is 50.8 Å². The Balaban J connectivity index is 1.57. The number of benzene rings is 2. The van der Waals surface area contributed by atoms with E-state index in [1.54, 1.807) is 0 Å². The van der Waals surface area contributed by atoms with Gasteiger partial charge in [-0.1, -0.05) is 18.2 Å². The van der Waals surface area contributed by atoms with E-state index in [0.29, 0.717) is 6.54 Å². The molecule has 132 valence electrons. The van der Waals surface area contributed by atoms with E-state index < -0.39 is 0 Å². The third-order valence-corrected chi connectivity index (χ3v) is 5.47. The van der Waals surface area contributed by atoms with Gasteiger partial charge in [-0.25, -0.2) is 0 Å². The predicted octanol–water partition coefficient (Wildman–Crippen LogP) is 2.53. The number of amides is 1.